The van der Waals surface area contributed by atoms with Crippen molar-refractivity contribution in [3.05, 3.63) is 42.0 Å². The summed E-state index contributed by atoms with van der Waals surface area (Å²) in [6.07, 6.45) is 0.00583. The highest BCUT2D eigenvalue weighted by atomic mass is 16.7. The molecule has 0 bridgehead atoms. The van der Waals surface area contributed by atoms with Crippen molar-refractivity contribution in [1.82, 2.24) is 0 Å². The minimum Gasteiger partial charge on any atom is -0.497 e. The molecule has 0 aliphatic carbocycles. The molecule has 0 aromatic heterocycles. The lowest BCUT2D eigenvalue weighted by molar-refractivity contribution is -0.154. The summed E-state index contributed by atoms with van der Waals surface area (Å²) in [7, 11) is 1.63. The van der Waals surface area contributed by atoms with Crippen LogP contribution in [-0.2, 0) is 19.0 Å². The minimum absolute atomic E-state index is 0.157. The van der Waals surface area contributed by atoms with Crippen LogP contribution in [0.1, 0.15) is 31.7 Å². The Hall–Kier alpha value is -2.76. The van der Waals surface area contributed by atoms with E-state index in [1.807, 2.05) is 50.2 Å². The summed E-state index contributed by atoms with van der Waals surface area (Å²) >= 11 is 0. The van der Waals surface area contributed by atoms with E-state index in [2.05, 4.69) is 0 Å². The van der Waals surface area contributed by atoms with Crippen LogP contribution in [0, 0.1) is 5.41 Å². The van der Waals surface area contributed by atoms with E-state index in [0.29, 0.717) is 6.42 Å². The van der Waals surface area contributed by atoms with Gasteiger partial charge in [0, 0.05) is 0 Å². The van der Waals surface area contributed by atoms with E-state index in [0.717, 1.165) is 22.1 Å². The third-order valence-corrected chi connectivity index (χ3v) is 5.19. The molecule has 0 amide bonds. The van der Waals surface area contributed by atoms with Gasteiger partial charge in [-0.1, -0.05) is 31.2 Å². The predicted molar refractivity (Wildman–Crippen MR) is 99.9 cm³/mol. The zero-order chi connectivity index (χ0) is 19.4. The van der Waals surface area contributed by atoms with Crippen LogP contribution in [-0.4, -0.2) is 39.1 Å². The summed E-state index contributed by atoms with van der Waals surface area (Å²) < 4.78 is 20.7. The van der Waals surface area contributed by atoms with Gasteiger partial charge >= 0.3 is 12.1 Å². The molecule has 1 saturated heterocycles. The molecular weight excluding hydrogens is 348 g/mol. The maximum absolute atomic E-state index is 12.6. The number of fused-ring (bicyclic) bond motifs is 1. The van der Waals surface area contributed by atoms with Crippen molar-refractivity contribution in [1.29, 1.82) is 0 Å². The van der Waals surface area contributed by atoms with Crippen LogP contribution >= 0.6 is 0 Å². The van der Waals surface area contributed by atoms with Gasteiger partial charge in [-0.25, -0.2) is 4.79 Å². The number of carbonyl (C=O) groups excluding carboxylic acids is 2. The smallest absolute Gasteiger partial charge is 0.497 e. The molecule has 0 radical (unpaired) electrons. The molecule has 1 heterocycles. The molecule has 6 heteroatoms. The van der Waals surface area contributed by atoms with E-state index in [9.17, 15) is 9.59 Å². The predicted octanol–water partition coefficient (Wildman–Crippen LogP) is 4.06. The van der Waals surface area contributed by atoms with E-state index in [1.165, 1.54) is 0 Å². The molecule has 0 unspecified atom stereocenters. The lowest BCUT2D eigenvalue weighted by Crippen LogP contribution is -2.43. The second-order valence-corrected chi connectivity index (χ2v) is 6.98. The Morgan fingerprint density at radius 2 is 1.81 bits per heavy atom. The molecule has 1 fully saturated rings. The van der Waals surface area contributed by atoms with Crippen LogP contribution in [0.5, 0.6) is 5.75 Å². The van der Waals surface area contributed by atoms with E-state index < -0.39 is 17.5 Å². The van der Waals surface area contributed by atoms with Crippen LogP contribution in [0.3, 0.4) is 0 Å². The Bertz CT molecular complexity index is 834. The van der Waals surface area contributed by atoms with Crippen LogP contribution in [0.2, 0.25) is 0 Å². The van der Waals surface area contributed by atoms with Gasteiger partial charge in [-0.05, 0) is 41.8 Å². The largest absolute Gasteiger partial charge is 0.508 e. The van der Waals surface area contributed by atoms with Gasteiger partial charge in [-0.2, -0.15) is 0 Å². The van der Waals surface area contributed by atoms with E-state index in [4.69, 9.17) is 18.9 Å². The Labute approximate surface area is 158 Å². The molecule has 144 valence electrons. The number of ether oxygens (including phenoxy) is 4. The van der Waals surface area contributed by atoms with E-state index >= 15 is 0 Å². The maximum atomic E-state index is 12.6. The van der Waals surface area contributed by atoms with E-state index in [-0.39, 0.29) is 25.8 Å². The third-order valence-electron chi connectivity index (χ3n) is 5.19. The van der Waals surface area contributed by atoms with Crippen molar-refractivity contribution >= 4 is 22.9 Å². The number of hydrogen-bond donors (Lipinski definition) is 0. The molecule has 0 spiro atoms. The van der Waals surface area contributed by atoms with Crippen molar-refractivity contribution in [2.24, 2.45) is 5.41 Å². The number of methoxy groups -OCH3 is 1. The standard InChI is InChI=1S/C21H24O6/c1-4-21(12-26-20(23)27-13-21)11-25-19(22)14(2)15-5-6-17-10-18(24-3)8-7-16(17)9-15/h5-10,14H,4,11-13H2,1-3H3/t14-/m0/s1. The molecule has 1 aliphatic heterocycles. The average Bonchev–Trinajstić information content (AvgIpc) is 2.72. The van der Waals surface area contributed by atoms with Gasteiger partial charge in [0.05, 0.1) is 18.4 Å². The summed E-state index contributed by atoms with van der Waals surface area (Å²) in [6, 6.07) is 11.7. The summed E-state index contributed by atoms with van der Waals surface area (Å²) in [5.74, 6) is 0.0769. The van der Waals surface area contributed by atoms with Crippen molar-refractivity contribution in [3.8, 4) is 5.75 Å². The molecular formula is C21H24O6. The molecule has 1 aliphatic rings. The van der Waals surface area contributed by atoms with Gasteiger partial charge in [0.15, 0.2) is 0 Å². The molecule has 27 heavy (non-hydrogen) atoms. The molecule has 0 N–H and O–H groups in total. The highest BCUT2D eigenvalue weighted by molar-refractivity contribution is 5.86. The molecule has 1 atom stereocenters. The first-order valence-corrected chi connectivity index (χ1v) is 9.00. The van der Waals surface area contributed by atoms with Gasteiger partial charge in [-0.3, -0.25) is 4.79 Å². The van der Waals surface area contributed by atoms with Crippen LogP contribution in [0.4, 0.5) is 4.79 Å². The summed E-state index contributed by atoms with van der Waals surface area (Å²) in [4.78, 5) is 23.6. The number of cyclic esters (lactones) is 2. The zero-order valence-corrected chi connectivity index (χ0v) is 15.8. The topological polar surface area (TPSA) is 71.1 Å². The fourth-order valence-electron chi connectivity index (χ4n) is 3.02. The Kier molecular flexibility index (Phi) is 5.54. The fourth-order valence-corrected chi connectivity index (χ4v) is 3.02. The number of benzene rings is 2. The van der Waals surface area contributed by atoms with Gasteiger partial charge in [0.2, 0.25) is 0 Å². The van der Waals surface area contributed by atoms with Crippen molar-refractivity contribution < 1.29 is 28.5 Å². The Balaban J connectivity index is 1.67. The van der Waals surface area contributed by atoms with E-state index in [1.54, 1.807) is 7.11 Å². The van der Waals surface area contributed by atoms with Crippen molar-refractivity contribution in [3.63, 3.8) is 0 Å². The number of rotatable bonds is 6. The van der Waals surface area contributed by atoms with Crippen LogP contribution in [0.25, 0.3) is 10.8 Å². The molecule has 3 rings (SSSR count). The van der Waals surface area contributed by atoms with Gasteiger partial charge in [0.25, 0.3) is 0 Å². The summed E-state index contributed by atoms with van der Waals surface area (Å²) in [5, 5.41) is 2.08. The first-order chi connectivity index (χ1) is 13.0. The van der Waals surface area contributed by atoms with Gasteiger partial charge in [0.1, 0.15) is 25.6 Å². The van der Waals surface area contributed by atoms with Gasteiger partial charge < -0.3 is 18.9 Å². The molecule has 2 aromatic carbocycles. The normalized spacial score (nSPS) is 16.9. The van der Waals surface area contributed by atoms with Crippen molar-refractivity contribution in [2.45, 2.75) is 26.2 Å². The molecule has 2 aromatic rings. The quantitative estimate of drug-likeness (QED) is 0.712. The summed E-state index contributed by atoms with van der Waals surface area (Å²) in [5.41, 5.74) is 0.401. The molecule has 0 saturated carbocycles. The first-order valence-electron chi connectivity index (χ1n) is 9.00. The first kappa shape index (κ1) is 19.0. The van der Waals surface area contributed by atoms with Crippen molar-refractivity contribution in [2.75, 3.05) is 26.9 Å². The Morgan fingerprint density at radius 1 is 1.15 bits per heavy atom. The number of esters is 1. The average molecular weight is 372 g/mol. The highest BCUT2D eigenvalue weighted by Crippen LogP contribution is 2.29. The van der Waals surface area contributed by atoms with Gasteiger partial charge in [-0.15, -0.1) is 0 Å². The second kappa shape index (κ2) is 7.86. The minimum atomic E-state index is -0.674. The second-order valence-electron chi connectivity index (χ2n) is 6.98. The highest BCUT2D eigenvalue weighted by Gasteiger charge is 2.38. The fraction of sp³-hybridized carbons (Fsp3) is 0.429. The SMILES string of the molecule is CCC1(COC(=O)[C@@H](C)c2ccc3cc(OC)ccc3c2)COC(=O)OC1. The monoisotopic (exact) mass is 372 g/mol. The number of hydrogen-bond acceptors (Lipinski definition) is 6. The summed E-state index contributed by atoms with van der Waals surface area (Å²) in [6.45, 7) is 4.33. The number of carbonyl (C=O) groups is 2. The third kappa shape index (κ3) is 4.15. The molecule has 6 nitrogen and oxygen atoms in total. The van der Waals surface area contributed by atoms with Crippen LogP contribution in [0.15, 0.2) is 36.4 Å². The lowest BCUT2D eigenvalue weighted by Gasteiger charge is -2.34. The zero-order valence-electron chi connectivity index (χ0n) is 15.8. The Morgan fingerprint density at radius 3 is 2.48 bits per heavy atom. The van der Waals surface area contributed by atoms with Crippen LogP contribution < -0.4 is 4.74 Å². The maximum Gasteiger partial charge on any atom is 0.508 e. The lowest BCUT2D eigenvalue weighted by atomic mass is 9.87.